The van der Waals surface area contributed by atoms with E-state index >= 15 is 0 Å². The van der Waals surface area contributed by atoms with Gasteiger partial charge in [0.25, 0.3) is 5.95 Å². The maximum atomic E-state index is 6.01. The second kappa shape index (κ2) is 4.80. The predicted octanol–water partition coefficient (Wildman–Crippen LogP) is 0.357. The van der Waals surface area contributed by atoms with Gasteiger partial charge >= 0.3 is 0 Å². The fraction of sp³-hybridized carbons (Fsp3) is 0.800. The van der Waals surface area contributed by atoms with Crippen LogP contribution >= 0.6 is 0 Å². The van der Waals surface area contributed by atoms with Crippen molar-refractivity contribution in [2.75, 3.05) is 31.7 Å². The average Bonchev–Trinajstić information content (AvgIpc) is 2.78. The second-order valence-corrected chi connectivity index (χ2v) is 4.08. The van der Waals surface area contributed by atoms with E-state index in [-0.39, 0.29) is 12.0 Å². The summed E-state index contributed by atoms with van der Waals surface area (Å²) in [5, 5.41) is 3.93. The summed E-state index contributed by atoms with van der Waals surface area (Å²) in [5.41, 5.74) is 6.01. The van der Waals surface area contributed by atoms with Crippen LogP contribution in [0.3, 0.4) is 0 Å². The summed E-state index contributed by atoms with van der Waals surface area (Å²) in [6.45, 7) is 4.16. The molecule has 1 aromatic heterocycles. The molecule has 0 aliphatic carbocycles. The van der Waals surface area contributed by atoms with Gasteiger partial charge in [-0.1, -0.05) is 0 Å². The molecule has 2 atom stereocenters. The van der Waals surface area contributed by atoms with Gasteiger partial charge in [-0.25, -0.2) is 0 Å². The Hall–Kier alpha value is -1.14. The predicted molar refractivity (Wildman–Crippen MR) is 59.4 cm³/mol. The molecule has 0 amide bonds. The van der Waals surface area contributed by atoms with Gasteiger partial charge in [0.2, 0.25) is 5.89 Å². The van der Waals surface area contributed by atoms with Crippen LogP contribution < -0.4 is 10.6 Å². The molecule has 6 nitrogen and oxygen atoms in total. The molecular formula is C10H18N4O2. The van der Waals surface area contributed by atoms with Crippen molar-refractivity contribution in [3.8, 4) is 0 Å². The van der Waals surface area contributed by atoms with Crippen LogP contribution in [-0.4, -0.2) is 43.0 Å². The van der Waals surface area contributed by atoms with Crippen LogP contribution in [0.25, 0.3) is 0 Å². The molecule has 0 spiro atoms. The lowest BCUT2D eigenvalue weighted by atomic mass is 9.97. The van der Waals surface area contributed by atoms with Crippen molar-refractivity contribution >= 4 is 5.95 Å². The van der Waals surface area contributed by atoms with E-state index in [0.29, 0.717) is 25.1 Å². The van der Waals surface area contributed by atoms with Gasteiger partial charge in [-0.2, -0.15) is 4.98 Å². The Kier molecular flexibility index (Phi) is 3.40. The molecule has 2 unspecified atom stereocenters. The van der Waals surface area contributed by atoms with E-state index in [2.05, 4.69) is 10.1 Å². The van der Waals surface area contributed by atoms with Crippen LogP contribution in [0.1, 0.15) is 25.2 Å². The monoisotopic (exact) mass is 226 g/mol. The Morgan fingerprint density at radius 2 is 2.38 bits per heavy atom. The summed E-state index contributed by atoms with van der Waals surface area (Å²) < 4.78 is 10.6. The van der Waals surface area contributed by atoms with Gasteiger partial charge in [0.1, 0.15) is 0 Å². The van der Waals surface area contributed by atoms with E-state index in [4.69, 9.17) is 15.0 Å². The van der Waals surface area contributed by atoms with Crippen molar-refractivity contribution < 1.29 is 9.26 Å². The number of nitrogens with zero attached hydrogens (tertiary/aromatic N) is 3. The first-order chi connectivity index (χ1) is 7.72. The molecule has 0 saturated carbocycles. The second-order valence-electron chi connectivity index (χ2n) is 4.08. The number of anilines is 1. The Labute approximate surface area is 94.7 Å². The first-order valence-corrected chi connectivity index (χ1v) is 5.60. The third kappa shape index (κ3) is 2.17. The van der Waals surface area contributed by atoms with Gasteiger partial charge in [0, 0.05) is 26.2 Å². The van der Waals surface area contributed by atoms with Crippen molar-refractivity contribution in [2.45, 2.75) is 25.3 Å². The molecule has 1 saturated heterocycles. The first kappa shape index (κ1) is 11.3. The topological polar surface area (TPSA) is 77.4 Å². The van der Waals surface area contributed by atoms with Gasteiger partial charge in [-0.05, 0) is 18.5 Å². The third-order valence-electron chi connectivity index (χ3n) is 2.97. The number of nitrogens with two attached hydrogens (primary N) is 1. The largest absolute Gasteiger partial charge is 0.381 e. The average molecular weight is 226 g/mol. The SMILES string of the molecule is CCN(C)c1noc(C2COCCC2N)n1. The lowest BCUT2D eigenvalue weighted by molar-refractivity contribution is 0.0590. The normalized spacial score (nSPS) is 25.7. The van der Waals surface area contributed by atoms with E-state index in [0.717, 1.165) is 13.0 Å². The lowest BCUT2D eigenvalue weighted by Gasteiger charge is -2.25. The van der Waals surface area contributed by atoms with Crippen LogP contribution in [0, 0.1) is 0 Å². The molecule has 0 bridgehead atoms. The van der Waals surface area contributed by atoms with E-state index in [1.54, 1.807) is 0 Å². The molecule has 90 valence electrons. The van der Waals surface area contributed by atoms with Crippen LogP contribution in [-0.2, 0) is 4.74 Å². The Morgan fingerprint density at radius 1 is 1.56 bits per heavy atom. The molecule has 16 heavy (non-hydrogen) atoms. The molecule has 2 N–H and O–H groups in total. The molecule has 1 aliphatic heterocycles. The van der Waals surface area contributed by atoms with Crippen molar-refractivity contribution in [3.63, 3.8) is 0 Å². The van der Waals surface area contributed by atoms with Crippen LogP contribution in [0.5, 0.6) is 0 Å². The van der Waals surface area contributed by atoms with Gasteiger partial charge in [0.15, 0.2) is 0 Å². The third-order valence-corrected chi connectivity index (χ3v) is 2.97. The fourth-order valence-electron chi connectivity index (χ4n) is 1.68. The van der Waals surface area contributed by atoms with Crippen molar-refractivity contribution in [3.05, 3.63) is 5.89 Å². The fourth-order valence-corrected chi connectivity index (χ4v) is 1.68. The Morgan fingerprint density at radius 3 is 3.06 bits per heavy atom. The first-order valence-electron chi connectivity index (χ1n) is 5.60. The van der Waals surface area contributed by atoms with E-state index in [1.807, 2.05) is 18.9 Å². The minimum absolute atomic E-state index is 0.0280. The summed E-state index contributed by atoms with van der Waals surface area (Å²) in [6.07, 6.45) is 0.839. The smallest absolute Gasteiger partial charge is 0.265 e. The molecule has 0 radical (unpaired) electrons. The van der Waals surface area contributed by atoms with Crippen LogP contribution in [0.2, 0.25) is 0 Å². The van der Waals surface area contributed by atoms with E-state index in [9.17, 15) is 0 Å². The number of aromatic nitrogens is 2. The maximum absolute atomic E-state index is 6.01. The summed E-state index contributed by atoms with van der Waals surface area (Å²) in [7, 11) is 1.92. The van der Waals surface area contributed by atoms with E-state index < -0.39 is 0 Å². The number of hydrogen-bond acceptors (Lipinski definition) is 6. The van der Waals surface area contributed by atoms with E-state index in [1.165, 1.54) is 0 Å². The highest BCUT2D eigenvalue weighted by Crippen LogP contribution is 2.24. The quantitative estimate of drug-likeness (QED) is 0.801. The molecule has 1 aliphatic rings. The lowest BCUT2D eigenvalue weighted by Crippen LogP contribution is -2.37. The molecule has 1 fully saturated rings. The van der Waals surface area contributed by atoms with Gasteiger partial charge in [-0.15, -0.1) is 0 Å². The molecule has 0 aromatic carbocycles. The number of ether oxygens (including phenoxy) is 1. The summed E-state index contributed by atoms with van der Waals surface area (Å²) in [5.74, 6) is 1.22. The summed E-state index contributed by atoms with van der Waals surface area (Å²) in [4.78, 5) is 6.26. The van der Waals surface area contributed by atoms with Crippen LogP contribution in [0.4, 0.5) is 5.95 Å². The van der Waals surface area contributed by atoms with Gasteiger partial charge in [-0.3, -0.25) is 0 Å². The van der Waals surface area contributed by atoms with Crippen molar-refractivity contribution in [1.82, 2.24) is 10.1 Å². The van der Waals surface area contributed by atoms with Gasteiger partial charge in [0.05, 0.1) is 12.5 Å². The standard InChI is InChI=1S/C10H18N4O2/c1-3-14(2)10-12-9(16-13-10)7-6-15-5-4-8(7)11/h7-8H,3-6,11H2,1-2H3. The molecule has 1 aromatic rings. The zero-order valence-electron chi connectivity index (χ0n) is 9.72. The zero-order valence-corrected chi connectivity index (χ0v) is 9.72. The maximum Gasteiger partial charge on any atom is 0.265 e. The minimum Gasteiger partial charge on any atom is -0.381 e. The van der Waals surface area contributed by atoms with Crippen molar-refractivity contribution in [2.24, 2.45) is 5.73 Å². The minimum atomic E-state index is 0.0280. The Bertz CT molecular complexity index is 341. The Balaban J connectivity index is 2.11. The molecule has 6 heteroatoms. The van der Waals surface area contributed by atoms with Crippen LogP contribution in [0.15, 0.2) is 4.52 Å². The van der Waals surface area contributed by atoms with Gasteiger partial charge < -0.3 is 19.9 Å². The molecule has 2 heterocycles. The molecular weight excluding hydrogens is 208 g/mol. The molecule has 2 rings (SSSR count). The number of hydrogen-bond donors (Lipinski definition) is 1. The highest BCUT2D eigenvalue weighted by atomic mass is 16.5. The number of rotatable bonds is 3. The van der Waals surface area contributed by atoms with Crippen molar-refractivity contribution in [1.29, 1.82) is 0 Å². The highest BCUT2D eigenvalue weighted by molar-refractivity contribution is 5.26. The summed E-state index contributed by atoms with van der Waals surface area (Å²) in [6, 6.07) is 0.0500. The highest BCUT2D eigenvalue weighted by Gasteiger charge is 2.29. The summed E-state index contributed by atoms with van der Waals surface area (Å²) >= 11 is 0. The zero-order chi connectivity index (χ0) is 11.5.